The van der Waals surface area contributed by atoms with E-state index >= 15 is 0 Å². The highest BCUT2D eigenvalue weighted by Crippen LogP contribution is 2.05. The SMILES string of the molecule is O=C(O)CCCNC(=O)NC1CCOCC1. The molecule has 0 bridgehead atoms. The van der Waals surface area contributed by atoms with Gasteiger partial charge in [0.05, 0.1) is 0 Å². The Kier molecular flexibility index (Phi) is 5.63. The van der Waals surface area contributed by atoms with Gasteiger partial charge in [-0.25, -0.2) is 4.79 Å². The third kappa shape index (κ3) is 5.55. The van der Waals surface area contributed by atoms with Crippen LogP contribution < -0.4 is 10.6 Å². The first kappa shape index (κ1) is 12.8. The second-order valence-corrected chi connectivity index (χ2v) is 3.78. The molecule has 1 heterocycles. The van der Waals surface area contributed by atoms with Crippen LogP contribution in [0.25, 0.3) is 0 Å². The van der Waals surface area contributed by atoms with Gasteiger partial charge in [-0.1, -0.05) is 0 Å². The lowest BCUT2D eigenvalue weighted by molar-refractivity contribution is -0.137. The number of carboxylic acid groups (broad SMARTS) is 1. The zero-order valence-electron chi connectivity index (χ0n) is 9.20. The van der Waals surface area contributed by atoms with Crippen molar-refractivity contribution in [1.82, 2.24) is 10.6 Å². The number of carbonyl (C=O) groups is 2. The number of hydrogen-bond acceptors (Lipinski definition) is 3. The molecule has 0 atom stereocenters. The van der Waals surface area contributed by atoms with Gasteiger partial charge in [0.2, 0.25) is 0 Å². The number of aliphatic carboxylic acids is 1. The number of carbonyl (C=O) groups excluding carboxylic acids is 1. The number of ether oxygens (including phenoxy) is 1. The highest BCUT2D eigenvalue weighted by atomic mass is 16.5. The Morgan fingerprint density at radius 2 is 2.00 bits per heavy atom. The van der Waals surface area contributed by atoms with Crippen molar-refractivity contribution in [3.8, 4) is 0 Å². The van der Waals surface area contributed by atoms with Gasteiger partial charge in [-0.05, 0) is 19.3 Å². The van der Waals surface area contributed by atoms with Crippen LogP contribution in [0.4, 0.5) is 4.79 Å². The fraction of sp³-hybridized carbons (Fsp3) is 0.800. The normalized spacial score (nSPS) is 16.8. The van der Waals surface area contributed by atoms with Crippen molar-refractivity contribution >= 4 is 12.0 Å². The van der Waals surface area contributed by atoms with E-state index in [1.807, 2.05) is 0 Å². The molecule has 0 saturated carbocycles. The molecule has 0 aliphatic carbocycles. The summed E-state index contributed by atoms with van der Waals surface area (Å²) in [4.78, 5) is 21.6. The Morgan fingerprint density at radius 3 is 2.62 bits per heavy atom. The fourth-order valence-corrected chi connectivity index (χ4v) is 1.52. The highest BCUT2D eigenvalue weighted by molar-refractivity contribution is 5.74. The van der Waals surface area contributed by atoms with E-state index < -0.39 is 5.97 Å². The summed E-state index contributed by atoms with van der Waals surface area (Å²) in [5, 5.41) is 13.9. The predicted octanol–water partition coefficient (Wildman–Crippen LogP) is 0.329. The first-order chi connectivity index (χ1) is 7.68. The van der Waals surface area contributed by atoms with Gasteiger partial charge in [0.1, 0.15) is 0 Å². The summed E-state index contributed by atoms with van der Waals surface area (Å²) in [6.07, 6.45) is 2.21. The minimum atomic E-state index is -0.841. The first-order valence-electron chi connectivity index (χ1n) is 5.52. The third-order valence-electron chi connectivity index (χ3n) is 2.41. The molecule has 92 valence electrons. The van der Waals surface area contributed by atoms with Crippen LogP contribution in [0.2, 0.25) is 0 Å². The average Bonchev–Trinajstić information content (AvgIpc) is 2.25. The standard InChI is InChI=1S/C10H18N2O4/c13-9(14)2-1-5-11-10(15)12-8-3-6-16-7-4-8/h8H,1-7H2,(H,13,14)(H2,11,12,15). The summed E-state index contributed by atoms with van der Waals surface area (Å²) in [5.41, 5.74) is 0. The molecule has 0 aromatic rings. The maximum Gasteiger partial charge on any atom is 0.315 e. The lowest BCUT2D eigenvalue weighted by Gasteiger charge is -2.23. The lowest BCUT2D eigenvalue weighted by Crippen LogP contribution is -2.44. The molecule has 0 aromatic heterocycles. The van der Waals surface area contributed by atoms with Gasteiger partial charge in [0.15, 0.2) is 0 Å². The van der Waals surface area contributed by atoms with Gasteiger partial charge in [0, 0.05) is 32.2 Å². The van der Waals surface area contributed by atoms with E-state index in [0.29, 0.717) is 26.2 Å². The Balaban J connectivity index is 2.03. The van der Waals surface area contributed by atoms with Crippen molar-refractivity contribution in [2.45, 2.75) is 31.7 Å². The van der Waals surface area contributed by atoms with E-state index in [9.17, 15) is 9.59 Å². The molecule has 3 N–H and O–H groups in total. The van der Waals surface area contributed by atoms with Gasteiger partial charge >= 0.3 is 12.0 Å². The number of urea groups is 1. The van der Waals surface area contributed by atoms with Gasteiger partial charge in [-0.3, -0.25) is 4.79 Å². The molecular weight excluding hydrogens is 212 g/mol. The number of carboxylic acids is 1. The molecule has 0 aromatic carbocycles. The van der Waals surface area contributed by atoms with Crippen LogP contribution in [0, 0.1) is 0 Å². The number of nitrogens with one attached hydrogen (secondary N) is 2. The minimum absolute atomic E-state index is 0.0809. The van der Waals surface area contributed by atoms with Crippen LogP contribution in [0.1, 0.15) is 25.7 Å². The van der Waals surface area contributed by atoms with E-state index in [-0.39, 0.29) is 18.5 Å². The van der Waals surface area contributed by atoms with Gasteiger partial charge < -0.3 is 20.5 Å². The van der Waals surface area contributed by atoms with E-state index in [1.54, 1.807) is 0 Å². The van der Waals surface area contributed by atoms with Crippen molar-refractivity contribution in [2.75, 3.05) is 19.8 Å². The summed E-state index contributed by atoms with van der Waals surface area (Å²) in [5.74, 6) is -0.841. The van der Waals surface area contributed by atoms with Crippen molar-refractivity contribution in [2.24, 2.45) is 0 Å². The quantitative estimate of drug-likeness (QED) is 0.594. The van der Waals surface area contributed by atoms with Crippen molar-refractivity contribution in [3.63, 3.8) is 0 Å². The number of hydrogen-bond donors (Lipinski definition) is 3. The van der Waals surface area contributed by atoms with Gasteiger partial charge in [-0.2, -0.15) is 0 Å². The molecular formula is C10H18N2O4. The fourth-order valence-electron chi connectivity index (χ4n) is 1.52. The van der Waals surface area contributed by atoms with Crippen LogP contribution in [0.3, 0.4) is 0 Å². The Hall–Kier alpha value is -1.30. The molecule has 0 spiro atoms. The summed E-state index contributed by atoms with van der Waals surface area (Å²) >= 11 is 0. The Bertz CT molecular complexity index is 239. The molecule has 1 fully saturated rings. The minimum Gasteiger partial charge on any atom is -0.481 e. The van der Waals surface area contributed by atoms with E-state index in [1.165, 1.54) is 0 Å². The Labute approximate surface area is 94.3 Å². The van der Waals surface area contributed by atoms with Crippen LogP contribution in [0.15, 0.2) is 0 Å². The van der Waals surface area contributed by atoms with Crippen LogP contribution in [-0.2, 0) is 9.53 Å². The van der Waals surface area contributed by atoms with Crippen LogP contribution in [0.5, 0.6) is 0 Å². The highest BCUT2D eigenvalue weighted by Gasteiger charge is 2.15. The summed E-state index contributed by atoms with van der Waals surface area (Å²) in [6, 6.07) is -0.0505. The molecule has 1 saturated heterocycles. The second kappa shape index (κ2) is 7.05. The lowest BCUT2D eigenvalue weighted by atomic mass is 10.1. The third-order valence-corrected chi connectivity index (χ3v) is 2.41. The maximum absolute atomic E-state index is 11.3. The van der Waals surface area contributed by atoms with E-state index in [2.05, 4.69) is 10.6 Å². The Morgan fingerprint density at radius 1 is 1.31 bits per heavy atom. The largest absolute Gasteiger partial charge is 0.481 e. The summed E-state index contributed by atoms with van der Waals surface area (Å²) < 4.78 is 5.17. The summed E-state index contributed by atoms with van der Waals surface area (Å²) in [7, 11) is 0. The zero-order valence-corrected chi connectivity index (χ0v) is 9.20. The predicted molar refractivity (Wildman–Crippen MR) is 57.2 cm³/mol. The van der Waals surface area contributed by atoms with Crippen molar-refractivity contribution in [1.29, 1.82) is 0 Å². The van der Waals surface area contributed by atoms with Crippen molar-refractivity contribution in [3.05, 3.63) is 0 Å². The molecule has 16 heavy (non-hydrogen) atoms. The van der Waals surface area contributed by atoms with Gasteiger partial charge in [-0.15, -0.1) is 0 Å². The molecule has 1 rings (SSSR count). The first-order valence-corrected chi connectivity index (χ1v) is 5.52. The monoisotopic (exact) mass is 230 g/mol. The second-order valence-electron chi connectivity index (χ2n) is 3.78. The number of rotatable bonds is 5. The van der Waals surface area contributed by atoms with Crippen molar-refractivity contribution < 1.29 is 19.4 Å². The average molecular weight is 230 g/mol. The molecule has 1 aliphatic rings. The molecule has 0 unspecified atom stereocenters. The van der Waals surface area contributed by atoms with E-state index in [0.717, 1.165) is 12.8 Å². The molecule has 6 nitrogen and oxygen atoms in total. The molecule has 0 radical (unpaired) electrons. The smallest absolute Gasteiger partial charge is 0.315 e. The van der Waals surface area contributed by atoms with Gasteiger partial charge in [0.25, 0.3) is 0 Å². The number of amides is 2. The molecule has 2 amide bonds. The maximum atomic E-state index is 11.3. The molecule has 6 heteroatoms. The van der Waals surface area contributed by atoms with Crippen LogP contribution in [-0.4, -0.2) is 42.9 Å². The zero-order chi connectivity index (χ0) is 11.8. The van der Waals surface area contributed by atoms with Crippen LogP contribution >= 0.6 is 0 Å². The summed E-state index contributed by atoms with van der Waals surface area (Å²) in [6.45, 7) is 1.76. The topological polar surface area (TPSA) is 87.7 Å². The van der Waals surface area contributed by atoms with E-state index in [4.69, 9.17) is 9.84 Å². The molecule has 1 aliphatic heterocycles.